The SMILES string of the molecule is CCOc1cc(CNc2ccc(C)c(Cl)c2)cc(Br)c1OCc1c(Cl)cccc1Cl. The molecule has 0 unspecified atom stereocenters. The molecule has 3 aromatic rings. The van der Waals surface area contributed by atoms with Crippen molar-refractivity contribution in [1.82, 2.24) is 0 Å². The highest BCUT2D eigenvalue weighted by Gasteiger charge is 2.15. The molecule has 0 spiro atoms. The maximum absolute atomic E-state index is 6.26. The van der Waals surface area contributed by atoms with E-state index in [1.807, 2.05) is 44.2 Å². The summed E-state index contributed by atoms with van der Waals surface area (Å²) in [6.07, 6.45) is 0. The van der Waals surface area contributed by atoms with Gasteiger partial charge in [-0.1, -0.05) is 46.9 Å². The van der Waals surface area contributed by atoms with Crippen molar-refractivity contribution in [3.63, 3.8) is 0 Å². The summed E-state index contributed by atoms with van der Waals surface area (Å²) in [4.78, 5) is 0. The molecule has 3 aromatic carbocycles. The highest BCUT2D eigenvalue weighted by Crippen LogP contribution is 2.38. The number of hydrogen-bond donors (Lipinski definition) is 1. The van der Waals surface area contributed by atoms with Crippen LogP contribution < -0.4 is 14.8 Å². The summed E-state index contributed by atoms with van der Waals surface area (Å²) in [5.74, 6) is 1.25. The summed E-state index contributed by atoms with van der Waals surface area (Å²) in [5.41, 5.74) is 3.76. The first-order valence-corrected chi connectivity index (χ1v) is 11.3. The largest absolute Gasteiger partial charge is 0.490 e. The molecule has 1 N–H and O–H groups in total. The highest BCUT2D eigenvalue weighted by atomic mass is 79.9. The van der Waals surface area contributed by atoms with Gasteiger partial charge in [-0.3, -0.25) is 0 Å². The zero-order valence-corrected chi connectivity index (χ0v) is 20.4. The van der Waals surface area contributed by atoms with Gasteiger partial charge in [0, 0.05) is 32.9 Å². The molecule has 0 radical (unpaired) electrons. The van der Waals surface area contributed by atoms with Crippen LogP contribution in [0, 0.1) is 6.92 Å². The van der Waals surface area contributed by atoms with Crippen LogP contribution in [0.15, 0.2) is 53.0 Å². The Balaban J connectivity index is 1.78. The first kappa shape index (κ1) is 23.1. The lowest BCUT2D eigenvalue weighted by Crippen LogP contribution is -2.04. The smallest absolute Gasteiger partial charge is 0.175 e. The fourth-order valence-corrected chi connectivity index (χ4v) is 4.14. The third kappa shape index (κ3) is 5.76. The molecule has 0 aliphatic heterocycles. The van der Waals surface area contributed by atoms with Gasteiger partial charge in [0.05, 0.1) is 11.1 Å². The third-order valence-electron chi connectivity index (χ3n) is 4.46. The van der Waals surface area contributed by atoms with Crippen molar-refractivity contribution in [3.05, 3.63) is 84.8 Å². The van der Waals surface area contributed by atoms with Gasteiger partial charge in [-0.2, -0.15) is 0 Å². The Morgan fingerprint density at radius 1 is 0.933 bits per heavy atom. The molecule has 0 aliphatic rings. The van der Waals surface area contributed by atoms with Gasteiger partial charge in [0.15, 0.2) is 11.5 Å². The Bertz CT molecular complexity index is 1020. The summed E-state index contributed by atoms with van der Waals surface area (Å²) in [6.45, 7) is 5.26. The van der Waals surface area contributed by atoms with E-state index in [9.17, 15) is 0 Å². The van der Waals surface area contributed by atoms with Gasteiger partial charge >= 0.3 is 0 Å². The molecular formula is C23H21BrCl3NO2. The van der Waals surface area contributed by atoms with Crippen molar-refractivity contribution in [2.24, 2.45) is 0 Å². The van der Waals surface area contributed by atoms with Crippen molar-refractivity contribution < 1.29 is 9.47 Å². The molecule has 7 heteroatoms. The number of ether oxygens (including phenoxy) is 2. The summed E-state index contributed by atoms with van der Waals surface area (Å²) >= 11 is 22.3. The molecule has 158 valence electrons. The highest BCUT2D eigenvalue weighted by molar-refractivity contribution is 9.10. The summed E-state index contributed by atoms with van der Waals surface area (Å²) in [5, 5.41) is 5.24. The van der Waals surface area contributed by atoms with Crippen LogP contribution in [0.2, 0.25) is 15.1 Å². The van der Waals surface area contributed by atoms with E-state index in [0.717, 1.165) is 31.9 Å². The topological polar surface area (TPSA) is 30.5 Å². The van der Waals surface area contributed by atoms with E-state index in [4.69, 9.17) is 44.3 Å². The van der Waals surface area contributed by atoms with E-state index in [-0.39, 0.29) is 6.61 Å². The van der Waals surface area contributed by atoms with Crippen molar-refractivity contribution in [3.8, 4) is 11.5 Å². The van der Waals surface area contributed by atoms with Crippen LogP contribution >= 0.6 is 50.7 Å². The van der Waals surface area contributed by atoms with E-state index < -0.39 is 0 Å². The molecule has 3 nitrogen and oxygen atoms in total. The molecule has 0 bridgehead atoms. The Labute approximate surface area is 200 Å². The number of rotatable bonds is 8. The van der Waals surface area contributed by atoms with Crippen molar-refractivity contribution in [2.45, 2.75) is 27.0 Å². The lowest BCUT2D eigenvalue weighted by Gasteiger charge is -2.17. The van der Waals surface area contributed by atoms with Gasteiger partial charge in [0.1, 0.15) is 6.61 Å². The second kappa shape index (κ2) is 10.6. The van der Waals surface area contributed by atoms with Gasteiger partial charge in [-0.25, -0.2) is 0 Å². The summed E-state index contributed by atoms with van der Waals surface area (Å²) in [7, 11) is 0. The second-order valence-electron chi connectivity index (χ2n) is 6.64. The molecule has 3 rings (SSSR count). The van der Waals surface area contributed by atoms with Crippen LogP contribution in [0.4, 0.5) is 5.69 Å². The fraction of sp³-hybridized carbons (Fsp3) is 0.217. The average Bonchev–Trinajstić information content (AvgIpc) is 2.70. The number of hydrogen-bond acceptors (Lipinski definition) is 3. The van der Waals surface area contributed by atoms with Crippen LogP contribution in [0.1, 0.15) is 23.6 Å². The quantitative estimate of drug-likeness (QED) is 0.318. The lowest BCUT2D eigenvalue weighted by molar-refractivity contribution is 0.267. The minimum atomic E-state index is 0.233. The van der Waals surface area contributed by atoms with Crippen LogP contribution in [0.5, 0.6) is 11.5 Å². The number of nitrogens with one attached hydrogen (secondary N) is 1. The normalized spacial score (nSPS) is 10.7. The Hall–Kier alpha value is -1.59. The van der Waals surface area contributed by atoms with Gasteiger partial charge in [0.25, 0.3) is 0 Å². The molecule has 0 amide bonds. The number of aryl methyl sites for hydroxylation is 1. The minimum absolute atomic E-state index is 0.233. The van der Waals surface area contributed by atoms with E-state index in [2.05, 4.69) is 21.2 Å². The Morgan fingerprint density at radius 2 is 1.67 bits per heavy atom. The Kier molecular flexibility index (Phi) is 8.18. The monoisotopic (exact) mass is 527 g/mol. The molecular weight excluding hydrogens is 509 g/mol. The van der Waals surface area contributed by atoms with Crippen LogP contribution in [0.3, 0.4) is 0 Å². The maximum Gasteiger partial charge on any atom is 0.175 e. The minimum Gasteiger partial charge on any atom is -0.490 e. The molecule has 0 atom stereocenters. The van der Waals surface area contributed by atoms with Crippen molar-refractivity contribution in [2.75, 3.05) is 11.9 Å². The Morgan fingerprint density at radius 3 is 2.33 bits per heavy atom. The molecule has 0 saturated carbocycles. The second-order valence-corrected chi connectivity index (χ2v) is 8.72. The van der Waals surface area contributed by atoms with E-state index >= 15 is 0 Å². The first-order valence-electron chi connectivity index (χ1n) is 9.40. The molecule has 0 heterocycles. The van der Waals surface area contributed by atoms with Gasteiger partial charge < -0.3 is 14.8 Å². The standard InChI is InChI=1S/C23H21BrCl3NO2/c1-3-29-22-10-15(12-28-16-8-7-14(2)21(27)11-16)9-18(24)23(22)30-13-17-19(25)5-4-6-20(17)26/h4-11,28H,3,12-13H2,1-2H3. The fourth-order valence-electron chi connectivity index (χ4n) is 2.85. The van der Waals surface area contributed by atoms with Gasteiger partial charge in [-0.05, 0) is 77.3 Å². The van der Waals surface area contributed by atoms with E-state index in [1.165, 1.54) is 0 Å². The first-order chi connectivity index (χ1) is 14.4. The van der Waals surface area contributed by atoms with Gasteiger partial charge in [0.2, 0.25) is 0 Å². The van der Waals surface area contributed by atoms with Gasteiger partial charge in [-0.15, -0.1) is 0 Å². The predicted octanol–water partition coefficient (Wildman–Crippen LogP) is 8.31. The maximum atomic E-state index is 6.26. The van der Waals surface area contributed by atoms with Crippen LogP contribution in [-0.2, 0) is 13.2 Å². The zero-order chi connectivity index (χ0) is 21.7. The van der Waals surface area contributed by atoms with Crippen molar-refractivity contribution >= 4 is 56.4 Å². The molecule has 0 saturated heterocycles. The summed E-state index contributed by atoms with van der Waals surface area (Å²) in [6, 6.07) is 15.2. The molecule has 0 aliphatic carbocycles. The lowest BCUT2D eigenvalue weighted by atomic mass is 10.1. The average molecular weight is 530 g/mol. The third-order valence-corrected chi connectivity index (χ3v) is 6.16. The molecule has 0 aromatic heterocycles. The van der Waals surface area contributed by atoms with E-state index in [0.29, 0.717) is 34.7 Å². The number of halogens is 4. The zero-order valence-electron chi connectivity index (χ0n) is 16.6. The van der Waals surface area contributed by atoms with Crippen LogP contribution in [0.25, 0.3) is 0 Å². The number of benzene rings is 3. The molecule has 0 fully saturated rings. The van der Waals surface area contributed by atoms with Crippen molar-refractivity contribution in [1.29, 1.82) is 0 Å². The molecule has 30 heavy (non-hydrogen) atoms. The van der Waals surface area contributed by atoms with E-state index in [1.54, 1.807) is 18.2 Å². The van der Waals surface area contributed by atoms with Crippen LogP contribution in [-0.4, -0.2) is 6.61 Å². The number of anilines is 1. The predicted molar refractivity (Wildman–Crippen MR) is 130 cm³/mol. The summed E-state index contributed by atoms with van der Waals surface area (Å²) < 4.78 is 12.6.